The summed E-state index contributed by atoms with van der Waals surface area (Å²) >= 11 is 3.91. The van der Waals surface area contributed by atoms with Gasteiger partial charge >= 0.3 is 17.9 Å². The predicted octanol–water partition coefficient (Wildman–Crippen LogP) is -4.49. The lowest BCUT2D eigenvalue weighted by molar-refractivity contribution is -0.144. The van der Waals surface area contributed by atoms with Crippen molar-refractivity contribution in [1.82, 2.24) is 42.1 Å². The third-order valence-electron chi connectivity index (χ3n) is 10.1. The van der Waals surface area contributed by atoms with E-state index < -0.39 is 152 Å². The minimum absolute atomic E-state index is 0.00550. The van der Waals surface area contributed by atoms with E-state index in [1.807, 2.05) is 0 Å². The SMILES string of the molecule is CC(C)C[C@H](NC(=O)[C@H](CCCCN)NC(=O)CNC(=O)[C@H](CO)NC(=O)[C@@H]1CCCN1C(=O)[C@@H](NC(=O)[C@H](CC(=O)O)NC(=O)[C@H](CCC(=O)O)NC(=O)[C@@H](N)CS)C(C)C)C(=O)O. The number of hydrogen-bond acceptors (Lipinski definition) is 15. The number of likely N-dealkylation sites (tertiary alicyclic amines) is 1. The Kier molecular flexibility index (Phi) is 25.7. The number of nitrogens with two attached hydrogens (primary N) is 2. The van der Waals surface area contributed by atoms with Crippen LogP contribution in [0, 0.1) is 11.8 Å². The molecule has 0 aromatic heterocycles. The first-order valence-corrected chi connectivity index (χ1v) is 21.8. The van der Waals surface area contributed by atoms with E-state index in [1.54, 1.807) is 13.8 Å². The molecule has 0 radical (unpaired) electrons. The van der Waals surface area contributed by atoms with E-state index >= 15 is 0 Å². The van der Waals surface area contributed by atoms with Gasteiger partial charge in [0.2, 0.25) is 47.3 Å². The highest BCUT2D eigenvalue weighted by Crippen LogP contribution is 2.21. The Labute approximate surface area is 381 Å². The normalized spacial score (nSPS) is 16.7. The van der Waals surface area contributed by atoms with Gasteiger partial charge in [-0.05, 0) is 63.3 Å². The number of nitrogens with one attached hydrogen (secondary N) is 7. The van der Waals surface area contributed by atoms with Crippen LogP contribution in [0.1, 0.15) is 85.5 Å². The fourth-order valence-electron chi connectivity index (χ4n) is 6.53. The average molecular weight is 947 g/mol. The van der Waals surface area contributed by atoms with Crippen LogP contribution in [-0.4, -0.2) is 171 Å². The second-order valence-electron chi connectivity index (χ2n) is 16.3. The van der Waals surface area contributed by atoms with E-state index in [-0.39, 0.29) is 37.5 Å². The van der Waals surface area contributed by atoms with Gasteiger partial charge in [-0.2, -0.15) is 12.6 Å². The number of aliphatic hydroxyl groups is 1. The second kappa shape index (κ2) is 29.0. The summed E-state index contributed by atoms with van der Waals surface area (Å²) in [5, 5.41) is 54.6. The van der Waals surface area contributed by atoms with Gasteiger partial charge in [0.15, 0.2) is 0 Å². The maximum Gasteiger partial charge on any atom is 0.326 e. The van der Waals surface area contributed by atoms with Crippen LogP contribution in [0.15, 0.2) is 0 Å². The molecule has 1 aliphatic rings. The Morgan fingerprint density at radius 3 is 1.82 bits per heavy atom. The maximum atomic E-state index is 14.0. The standard InChI is InChI=1S/C39H66N10O15S/c1-19(2)14-25(39(63)64)46-34(58)22(8-5-6-12-40)43-28(51)16-42-33(57)26(17-50)47-37(61)27-9-7-13-49(27)38(62)31(20(3)4)48-36(60)24(15-30(54)55)45-35(59)23(10-11-29(52)53)44-32(56)21(41)18-65/h19-27,31,50,65H,5-18,40-41H2,1-4H3,(H,42,57)(H,43,51)(H,44,56)(H,45,59)(H,46,58)(H,47,61)(H,48,60)(H,52,53)(H,54,55)(H,63,64)/t21-,22-,23-,24-,25-,26-,27-,31-/m0/s1. The summed E-state index contributed by atoms with van der Waals surface area (Å²) in [5.41, 5.74) is 11.2. The highest BCUT2D eigenvalue weighted by atomic mass is 32.1. The van der Waals surface area contributed by atoms with Gasteiger partial charge < -0.3 is 74.0 Å². The van der Waals surface area contributed by atoms with Gasteiger partial charge in [-0.25, -0.2) is 4.79 Å². The molecule has 0 saturated carbocycles. The molecule has 0 bridgehead atoms. The molecule has 1 saturated heterocycles. The fourth-order valence-corrected chi connectivity index (χ4v) is 6.69. The number of nitrogens with zero attached hydrogens (tertiary/aromatic N) is 1. The molecule has 65 heavy (non-hydrogen) atoms. The van der Waals surface area contributed by atoms with E-state index in [0.717, 1.165) is 4.90 Å². The van der Waals surface area contributed by atoms with E-state index in [9.17, 15) is 68.1 Å². The largest absolute Gasteiger partial charge is 0.481 e. The number of thiol groups is 1. The molecule has 1 aliphatic heterocycles. The number of unbranched alkanes of at least 4 members (excludes halogenated alkanes) is 1. The number of aliphatic hydroxyl groups excluding tert-OH is 1. The highest BCUT2D eigenvalue weighted by Gasteiger charge is 2.41. The van der Waals surface area contributed by atoms with Crippen LogP contribution < -0.4 is 48.7 Å². The molecule has 368 valence electrons. The first-order valence-electron chi connectivity index (χ1n) is 21.2. The first kappa shape index (κ1) is 57.4. The molecule has 1 rings (SSSR count). The molecular weight excluding hydrogens is 881 g/mol. The minimum atomic E-state index is -1.83. The lowest BCUT2D eigenvalue weighted by Crippen LogP contribution is -2.61. The number of carboxylic acids is 3. The Balaban J connectivity index is 3.10. The molecule has 1 fully saturated rings. The third-order valence-corrected chi connectivity index (χ3v) is 10.4. The predicted molar refractivity (Wildman–Crippen MR) is 232 cm³/mol. The zero-order valence-electron chi connectivity index (χ0n) is 37.0. The van der Waals surface area contributed by atoms with Crippen LogP contribution in [0.5, 0.6) is 0 Å². The average Bonchev–Trinajstić information content (AvgIpc) is 3.73. The quantitative estimate of drug-likeness (QED) is 0.0238. The van der Waals surface area contributed by atoms with E-state index in [4.69, 9.17) is 16.6 Å². The van der Waals surface area contributed by atoms with Crippen LogP contribution in [0.4, 0.5) is 0 Å². The third kappa shape index (κ3) is 20.4. The van der Waals surface area contributed by atoms with Gasteiger partial charge in [0, 0.05) is 18.7 Å². The van der Waals surface area contributed by atoms with Crippen molar-refractivity contribution in [2.24, 2.45) is 23.3 Å². The van der Waals surface area contributed by atoms with Crippen molar-refractivity contribution in [3.05, 3.63) is 0 Å². The molecule has 25 nitrogen and oxygen atoms in total. The van der Waals surface area contributed by atoms with Crippen LogP contribution in [-0.2, 0) is 52.7 Å². The van der Waals surface area contributed by atoms with Crippen molar-refractivity contribution in [1.29, 1.82) is 0 Å². The number of carboxylic acid groups (broad SMARTS) is 3. The van der Waals surface area contributed by atoms with Crippen molar-refractivity contribution in [2.45, 2.75) is 134 Å². The lowest BCUT2D eigenvalue weighted by atomic mass is 10.0. The van der Waals surface area contributed by atoms with E-state index in [1.165, 1.54) is 13.8 Å². The van der Waals surface area contributed by atoms with Gasteiger partial charge in [0.25, 0.3) is 0 Å². The Morgan fingerprint density at radius 2 is 1.29 bits per heavy atom. The molecule has 0 aromatic rings. The number of hydrogen-bond donors (Lipinski definition) is 14. The summed E-state index contributed by atoms with van der Waals surface area (Å²) in [5.74, 6) is -12.4. The summed E-state index contributed by atoms with van der Waals surface area (Å²) in [7, 11) is 0. The molecule has 26 heteroatoms. The maximum absolute atomic E-state index is 14.0. The molecule has 0 spiro atoms. The van der Waals surface area contributed by atoms with Crippen molar-refractivity contribution < 1.29 is 73.2 Å². The fraction of sp³-hybridized carbons (Fsp3) is 0.718. The molecule has 8 atom stereocenters. The number of rotatable bonds is 30. The van der Waals surface area contributed by atoms with Gasteiger partial charge in [-0.3, -0.25) is 47.9 Å². The summed E-state index contributed by atoms with van der Waals surface area (Å²) in [6.45, 7) is 5.28. The smallest absolute Gasteiger partial charge is 0.326 e. The van der Waals surface area contributed by atoms with Gasteiger partial charge in [-0.1, -0.05) is 27.7 Å². The van der Waals surface area contributed by atoms with Crippen molar-refractivity contribution in [2.75, 3.05) is 32.0 Å². The van der Waals surface area contributed by atoms with Crippen LogP contribution in [0.2, 0.25) is 0 Å². The highest BCUT2D eigenvalue weighted by molar-refractivity contribution is 7.80. The van der Waals surface area contributed by atoms with Crippen LogP contribution >= 0.6 is 12.6 Å². The van der Waals surface area contributed by atoms with Gasteiger partial charge in [0.1, 0.15) is 42.3 Å². The summed E-state index contributed by atoms with van der Waals surface area (Å²) in [4.78, 5) is 142. The second-order valence-corrected chi connectivity index (χ2v) is 16.6. The zero-order valence-corrected chi connectivity index (χ0v) is 37.9. The first-order chi connectivity index (χ1) is 30.5. The monoisotopic (exact) mass is 946 g/mol. The van der Waals surface area contributed by atoms with Crippen molar-refractivity contribution in [3.8, 4) is 0 Å². The molecule has 0 aliphatic carbocycles. The Hall–Kier alpha value is -5.60. The summed E-state index contributed by atoms with van der Waals surface area (Å²) in [6, 6.07) is -11.2. The van der Waals surface area contributed by atoms with E-state index in [2.05, 4.69) is 49.8 Å². The molecule has 15 N–H and O–H groups in total. The topological polar surface area (TPSA) is 408 Å². The Bertz CT molecular complexity index is 1700. The van der Waals surface area contributed by atoms with Gasteiger partial charge in [-0.15, -0.1) is 0 Å². The van der Waals surface area contributed by atoms with Crippen molar-refractivity contribution in [3.63, 3.8) is 0 Å². The zero-order chi connectivity index (χ0) is 49.6. The lowest BCUT2D eigenvalue weighted by Gasteiger charge is -2.32. The van der Waals surface area contributed by atoms with Crippen LogP contribution in [0.25, 0.3) is 0 Å². The molecule has 0 aromatic carbocycles. The summed E-state index contributed by atoms with van der Waals surface area (Å²) in [6.07, 6.45) is -0.531. The molecule has 1 heterocycles. The minimum Gasteiger partial charge on any atom is -0.481 e. The van der Waals surface area contributed by atoms with Crippen LogP contribution in [0.3, 0.4) is 0 Å². The van der Waals surface area contributed by atoms with Gasteiger partial charge in [0.05, 0.1) is 25.6 Å². The molecular formula is C39H66N10O15S. The molecule has 8 amide bonds. The number of carbonyl (C=O) groups excluding carboxylic acids is 8. The number of aliphatic carboxylic acids is 3. The number of carbonyl (C=O) groups is 11. The Morgan fingerprint density at radius 1 is 0.708 bits per heavy atom. The molecule has 0 unspecified atom stereocenters. The summed E-state index contributed by atoms with van der Waals surface area (Å²) < 4.78 is 0. The number of amides is 8. The van der Waals surface area contributed by atoms with Crippen molar-refractivity contribution >= 4 is 77.8 Å². The van der Waals surface area contributed by atoms with E-state index in [0.29, 0.717) is 25.8 Å².